The van der Waals surface area contributed by atoms with Gasteiger partial charge in [-0.25, -0.2) is 8.42 Å². The summed E-state index contributed by atoms with van der Waals surface area (Å²) in [6.07, 6.45) is 9.01. The molecule has 2 aliphatic heterocycles. The van der Waals surface area contributed by atoms with Crippen molar-refractivity contribution in [1.29, 1.82) is 0 Å². The van der Waals surface area contributed by atoms with Gasteiger partial charge in [0.25, 0.3) is 10.0 Å². The molecular formula is C25H32N2O3S2. The summed E-state index contributed by atoms with van der Waals surface area (Å²) in [7, 11) is -3.48. The summed E-state index contributed by atoms with van der Waals surface area (Å²) in [4.78, 5) is 2.33. The predicted molar refractivity (Wildman–Crippen MR) is 129 cm³/mol. The second-order valence-electron chi connectivity index (χ2n) is 9.18. The van der Waals surface area contributed by atoms with E-state index in [1.165, 1.54) is 40.9 Å². The summed E-state index contributed by atoms with van der Waals surface area (Å²) in [6.45, 7) is 2.07. The molecular weight excluding hydrogens is 440 g/mol. The summed E-state index contributed by atoms with van der Waals surface area (Å²) in [5, 5.41) is 12.0. The van der Waals surface area contributed by atoms with Gasteiger partial charge in [-0.05, 0) is 73.2 Å². The summed E-state index contributed by atoms with van der Waals surface area (Å²) < 4.78 is 28.6. The molecule has 3 heterocycles. The molecule has 0 unspecified atom stereocenters. The first kappa shape index (κ1) is 22.3. The maximum absolute atomic E-state index is 13.3. The molecule has 2 saturated heterocycles. The second-order valence-corrected chi connectivity index (χ2v) is 12.3. The molecule has 2 aromatic rings. The van der Waals surface area contributed by atoms with Crippen molar-refractivity contribution in [3.8, 4) is 0 Å². The van der Waals surface area contributed by atoms with Crippen molar-refractivity contribution >= 4 is 26.9 Å². The van der Waals surface area contributed by atoms with Crippen LogP contribution in [0.3, 0.4) is 0 Å². The molecule has 1 N–H and O–H groups in total. The minimum Gasteiger partial charge on any atom is -0.395 e. The van der Waals surface area contributed by atoms with Crippen molar-refractivity contribution in [3.05, 3.63) is 59.0 Å². The Labute approximate surface area is 195 Å². The monoisotopic (exact) mass is 472 g/mol. The van der Waals surface area contributed by atoms with Crippen LogP contribution < -0.4 is 0 Å². The van der Waals surface area contributed by atoms with E-state index in [4.69, 9.17) is 0 Å². The fourth-order valence-corrected chi connectivity index (χ4v) is 8.33. The van der Waals surface area contributed by atoms with Crippen LogP contribution in [0.4, 0.5) is 0 Å². The lowest BCUT2D eigenvalue weighted by Crippen LogP contribution is -2.67. The van der Waals surface area contributed by atoms with Crippen LogP contribution in [0.2, 0.25) is 0 Å². The quantitative estimate of drug-likeness (QED) is 0.704. The van der Waals surface area contributed by atoms with Crippen LogP contribution in [0, 0.1) is 0 Å². The van der Waals surface area contributed by atoms with Gasteiger partial charge in [-0.3, -0.25) is 4.90 Å². The van der Waals surface area contributed by atoms with Gasteiger partial charge in [-0.2, -0.15) is 4.31 Å². The molecule has 172 valence electrons. The molecule has 5 rings (SSSR count). The van der Waals surface area contributed by atoms with Crippen molar-refractivity contribution in [2.24, 2.45) is 0 Å². The zero-order valence-electron chi connectivity index (χ0n) is 18.4. The van der Waals surface area contributed by atoms with Crippen LogP contribution in [0.1, 0.15) is 55.6 Å². The van der Waals surface area contributed by atoms with Gasteiger partial charge in [0.1, 0.15) is 4.21 Å². The SMILES string of the molecule is O=S(=O)(c1cccs1)N1CCCCN2[C@@H](CO)[C@@H](c3ccc(C4=CCCCC4)cc3)[C@@H]2C1. The maximum Gasteiger partial charge on any atom is 0.252 e. The van der Waals surface area contributed by atoms with E-state index in [1.54, 1.807) is 16.4 Å². The molecule has 1 aliphatic carbocycles. The Bertz CT molecular complexity index is 1050. The van der Waals surface area contributed by atoms with Crippen molar-refractivity contribution < 1.29 is 13.5 Å². The Morgan fingerprint density at radius 2 is 1.84 bits per heavy atom. The molecule has 7 heteroatoms. The highest BCUT2D eigenvalue weighted by molar-refractivity contribution is 7.91. The van der Waals surface area contributed by atoms with E-state index in [0.717, 1.165) is 32.2 Å². The fourth-order valence-electron chi connectivity index (χ4n) is 5.68. The van der Waals surface area contributed by atoms with Gasteiger partial charge in [0.2, 0.25) is 0 Å². The molecule has 32 heavy (non-hydrogen) atoms. The Kier molecular flexibility index (Phi) is 6.54. The molecule has 1 aromatic carbocycles. The minimum absolute atomic E-state index is 0.0594. The van der Waals surface area contributed by atoms with Crippen molar-refractivity contribution in [1.82, 2.24) is 9.21 Å². The van der Waals surface area contributed by atoms with E-state index in [1.807, 2.05) is 5.38 Å². The molecule has 3 atom stereocenters. The lowest BCUT2D eigenvalue weighted by atomic mass is 9.74. The molecule has 0 bridgehead atoms. The molecule has 0 spiro atoms. The van der Waals surface area contributed by atoms with Crippen LogP contribution >= 0.6 is 11.3 Å². The Balaban J connectivity index is 1.40. The minimum atomic E-state index is -3.48. The van der Waals surface area contributed by atoms with Crippen LogP contribution in [-0.2, 0) is 10.0 Å². The number of hydrogen-bond acceptors (Lipinski definition) is 5. The van der Waals surface area contributed by atoms with Gasteiger partial charge >= 0.3 is 0 Å². The van der Waals surface area contributed by atoms with Gasteiger partial charge in [0.15, 0.2) is 0 Å². The first-order valence-corrected chi connectivity index (χ1v) is 14.1. The van der Waals surface area contributed by atoms with Crippen LogP contribution in [0.15, 0.2) is 52.1 Å². The van der Waals surface area contributed by atoms with E-state index in [9.17, 15) is 13.5 Å². The fraction of sp³-hybridized carbons (Fsp3) is 0.520. The van der Waals surface area contributed by atoms with Gasteiger partial charge < -0.3 is 5.11 Å². The zero-order chi connectivity index (χ0) is 22.1. The Morgan fingerprint density at radius 3 is 2.53 bits per heavy atom. The molecule has 1 aromatic heterocycles. The third-order valence-electron chi connectivity index (χ3n) is 7.38. The second kappa shape index (κ2) is 9.39. The molecule has 3 aliphatic rings. The first-order chi connectivity index (χ1) is 15.6. The summed E-state index contributed by atoms with van der Waals surface area (Å²) >= 11 is 1.28. The topological polar surface area (TPSA) is 60.9 Å². The number of benzene rings is 1. The van der Waals surface area contributed by atoms with Gasteiger partial charge in [-0.15, -0.1) is 11.3 Å². The first-order valence-electron chi connectivity index (χ1n) is 11.8. The van der Waals surface area contributed by atoms with Gasteiger partial charge in [-0.1, -0.05) is 36.4 Å². The lowest BCUT2D eigenvalue weighted by molar-refractivity contribution is -0.0553. The summed E-state index contributed by atoms with van der Waals surface area (Å²) in [5.74, 6) is 0.147. The third kappa shape index (κ3) is 4.10. The number of hydrogen-bond donors (Lipinski definition) is 1. The average molecular weight is 473 g/mol. The standard InChI is InChI=1S/C25H32N2O3S2/c28-18-23-25(21-12-10-20(11-13-21)19-7-2-1-3-8-19)22-17-26(14-4-5-15-27(22)23)32(29,30)24-9-6-16-31-24/h6-7,9-13,16,22-23,25,28H,1-5,8,14-15,17-18H2/t22-,23-,25-/m0/s1. The zero-order valence-corrected chi connectivity index (χ0v) is 20.0. The number of allylic oxidation sites excluding steroid dienone is 2. The van der Waals surface area contributed by atoms with E-state index < -0.39 is 10.0 Å². The molecule has 0 saturated carbocycles. The summed E-state index contributed by atoms with van der Waals surface area (Å²) in [5.41, 5.74) is 3.94. The van der Waals surface area contributed by atoms with E-state index in [0.29, 0.717) is 17.3 Å². The highest BCUT2D eigenvalue weighted by Gasteiger charge is 2.50. The smallest absolute Gasteiger partial charge is 0.252 e. The number of aliphatic hydroxyl groups is 1. The van der Waals surface area contributed by atoms with Gasteiger partial charge in [0.05, 0.1) is 6.61 Å². The van der Waals surface area contributed by atoms with E-state index in [2.05, 4.69) is 35.2 Å². The maximum atomic E-state index is 13.3. The van der Waals surface area contributed by atoms with Crippen LogP contribution in [0.25, 0.3) is 5.57 Å². The van der Waals surface area contributed by atoms with Crippen molar-refractivity contribution in [3.63, 3.8) is 0 Å². The third-order valence-corrected chi connectivity index (χ3v) is 10.6. The Morgan fingerprint density at radius 1 is 1.03 bits per heavy atom. The number of fused-ring (bicyclic) bond motifs is 1. The van der Waals surface area contributed by atoms with E-state index in [-0.39, 0.29) is 24.6 Å². The molecule has 0 amide bonds. The summed E-state index contributed by atoms with van der Waals surface area (Å²) in [6, 6.07) is 12.5. The Hall–Kier alpha value is -1.51. The predicted octanol–water partition coefficient (Wildman–Crippen LogP) is 4.32. The number of aliphatic hydroxyl groups excluding tert-OH is 1. The van der Waals surface area contributed by atoms with Crippen LogP contribution in [0.5, 0.6) is 0 Å². The lowest BCUT2D eigenvalue weighted by Gasteiger charge is -2.57. The highest BCUT2D eigenvalue weighted by Crippen LogP contribution is 2.43. The number of nitrogens with zero attached hydrogens (tertiary/aromatic N) is 2. The van der Waals surface area contributed by atoms with Gasteiger partial charge in [0, 0.05) is 31.1 Å². The van der Waals surface area contributed by atoms with Crippen LogP contribution in [-0.4, -0.2) is 61.1 Å². The normalized spacial score (nSPS) is 27.7. The number of rotatable bonds is 5. The molecule has 2 fully saturated rings. The molecule has 5 nitrogen and oxygen atoms in total. The highest BCUT2D eigenvalue weighted by atomic mass is 32.2. The van der Waals surface area contributed by atoms with Crippen molar-refractivity contribution in [2.75, 3.05) is 26.2 Å². The van der Waals surface area contributed by atoms with E-state index >= 15 is 0 Å². The van der Waals surface area contributed by atoms with Crippen molar-refractivity contribution in [2.45, 2.75) is 60.7 Å². The average Bonchev–Trinajstić information content (AvgIpc) is 3.35. The largest absolute Gasteiger partial charge is 0.395 e. The number of sulfonamides is 1. The number of thiophene rings is 1. The molecule has 0 radical (unpaired) electrons.